The van der Waals surface area contributed by atoms with Gasteiger partial charge in [-0.25, -0.2) is 0 Å². The number of pyridine rings is 1. The van der Waals surface area contributed by atoms with Crippen molar-refractivity contribution in [1.29, 1.82) is 0 Å². The fraction of sp³-hybridized carbons (Fsp3) is 0.0769. The largest absolute Gasteiger partial charge is 0.456 e. The lowest BCUT2D eigenvalue weighted by Crippen LogP contribution is -1.94. The van der Waals surface area contributed by atoms with Crippen LogP contribution in [0.5, 0.6) is 11.5 Å². The van der Waals surface area contributed by atoms with Gasteiger partial charge in [0.25, 0.3) is 0 Å². The first-order valence-corrected chi connectivity index (χ1v) is 6.32. The monoisotopic (exact) mass is 325 g/mol. The molecular formula is C13H9BrClNO2. The molecule has 1 heterocycles. The van der Waals surface area contributed by atoms with E-state index in [0.717, 1.165) is 0 Å². The molecule has 0 saturated heterocycles. The van der Waals surface area contributed by atoms with Crippen LogP contribution in [-0.2, 0) is 0 Å². The molecule has 0 saturated carbocycles. The first-order valence-electron chi connectivity index (χ1n) is 5.15. The van der Waals surface area contributed by atoms with Gasteiger partial charge in [0.05, 0.1) is 11.2 Å². The highest BCUT2D eigenvalue weighted by atomic mass is 79.9. The lowest BCUT2D eigenvalue weighted by atomic mass is 10.1. The summed E-state index contributed by atoms with van der Waals surface area (Å²) < 4.78 is 6.28. The molecule has 0 spiro atoms. The quantitative estimate of drug-likeness (QED) is 0.780. The van der Waals surface area contributed by atoms with Crippen LogP contribution in [-0.4, -0.2) is 10.8 Å². The Morgan fingerprint density at radius 2 is 2.06 bits per heavy atom. The van der Waals surface area contributed by atoms with Gasteiger partial charge in [-0.15, -0.1) is 0 Å². The maximum absolute atomic E-state index is 11.3. The third-order valence-corrected chi connectivity index (χ3v) is 3.10. The van der Waals surface area contributed by atoms with Crippen LogP contribution in [0.15, 0.2) is 41.1 Å². The van der Waals surface area contributed by atoms with Crippen LogP contribution < -0.4 is 4.74 Å². The van der Waals surface area contributed by atoms with E-state index >= 15 is 0 Å². The Balaban J connectivity index is 2.25. The minimum atomic E-state index is -0.00199. The van der Waals surface area contributed by atoms with E-state index in [-0.39, 0.29) is 5.78 Å². The van der Waals surface area contributed by atoms with Gasteiger partial charge in [-0.2, -0.15) is 0 Å². The average molecular weight is 327 g/mol. The molecule has 5 heteroatoms. The third kappa shape index (κ3) is 3.09. The predicted octanol–water partition coefficient (Wildman–Crippen LogP) is 4.49. The van der Waals surface area contributed by atoms with Crippen LogP contribution in [0, 0.1) is 0 Å². The number of ketones is 1. The van der Waals surface area contributed by atoms with E-state index in [4.69, 9.17) is 16.3 Å². The lowest BCUT2D eigenvalue weighted by molar-refractivity contribution is 0.101. The maximum atomic E-state index is 11.3. The number of carbonyl (C=O) groups excluding carboxylic acids is 1. The molecule has 3 nitrogen and oxygen atoms in total. The van der Waals surface area contributed by atoms with Crippen LogP contribution in [0.2, 0.25) is 5.02 Å². The Kier molecular flexibility index (Phi) is 3.99. The second-order valence-corrected chi connectivity index (χ2v) is 4.93. The van der Waals surface area contributed by atoms with Crippen molar-refractivity contribution in [3.05, 3.63) is 51.7 Å². The molecule has 0 aliphatic heterocycles. The smallest absolute Gasteiger partial charge is 0.160 e. The maximum Gasteiger partial charge on any atom is 0.160 e. The van der Waals surface area contributed by atoms with Gasteiger partial charge in [0, 0.05) is 22.3 Å². The van der Waals surface area contributed by atoms with Gasteiger partial charge < -0.3 is 4.74 Å². The highest BCUT2D eigenvalue weighted by Gasteiger charge is 2.07. The highest BCUT2D eigenvalue weighted by molar-refractivity contribution is 9.10. The molecule has 0 amide bonds. The molecule has 92 valence electrons. The van der Waals surface area contributed by atoms with Gasteiger partial charge in [-0.3, -0.25) is 9.78 Å². The Bertz CT molecular complexity index is 601. The third-order valence-electron chi connectivity index (χ3n) is 2.24. The van der Waals surface area contributed by atoms with E-state index in [1.165, 1.54) is 13.1 Å². The number of ether oxygens (including phenoxy) is 1. The average Bonchev–Trinajstić information content (AvgIpc) is 2.28. The molecule has 0 unspecified atom stereocenters. The summed E-state index contributed by atoms with van der Waals surface area (Å²) >= 11 is 9.15. The van der Waals surface area contributed by atoms with Crippen molar-refractivity contribution in [2.45, 2.75) is 6.92 Å². The van der Waals surface area contributed by atoms with E-state index in [0.29, 0.717) is 26.6 Å². The number of aromatic nitrogens is 1. The Morgan fingerprint density at radius 1 is 1.28 bits per heavy atom. The second-order valence-electron chi connectivity index (χ2n) is 3.64. The molecule has 1 aromatic heterocycles. The van der Waals surface area contributed by atoms with E-state index < -0.39 is 0 Å². The van der Waals surface area contributed by atoms with Gasteiger partial charge in [0.2, 0.25) is 0 Å². The number of hydrogen-bond donors (Lipinski definition) is 0. The Labute approximate surface area is 118 Å². The molecule has 0 fully saturated rings. The molecule has 0 radical (unpaired) electrons. The molecule has 2 aromatic rings. The van der Waals surface area contributed by atoms with E-state index in [9.17, 15) is 4.79 Å². The minimum absolute atomic E-state index is 0.00199. The summed E-state index contributed by atoms with van der Waals surface area (Å²) in [5.41, 5.74) is 0.617. The van der Waals surface area contributed by atoms with Crippen molar-refractivity contribution in [2.75, 3.05) is 0 Å². The van der Waals surface area contributed by atoms with E-state index in [2.05, 4.69) is 20.9 Å². The summed E-state index contributed by atoms with van der Waals surface area (Å²) in [6.45, 7) is 1.52. The fourth-order valence-corrected chi connectivity index (χ4v) is 2.23. The number of nitrogens with zero attached hydrogens (tertiary/aromatic N) is 1. The molecule has 18 heavy (non-hydrogen) atoms. The van der Waals surface area contributed by atoms with E-state index in [1.54, 1.807) is 30.5 Å². The molecule has 0 aliphatic rings. The number of hydrogen-bond acceptors (Lipinski definition) is 3. The highest BCUT2D eigenvalue weighted by Crippen LogP contribution is 2.28. The second kappa shape index (κ2) is 5.50. The molecule has 0 bridgehead atoms. The minimum Gasteiger partial charge on any atom is -0.456 e. The predicted molar refractivity (Wildman–Crippen MR) is 73.5 cm³/mol. The molecule has 1 aromatic carbocycles. The first kappa shape index (κ1) is 13.1. The van der Waals surface area contributed by atoms with Gasteiger partial charge in [-0.1, -0.05) is 11.6 Å². The van der Waals surface area contributed by atoms with Crippen LogP contribution in [0.3, 0.4) is 0 Å². The zero-order chi connectivity index (χ0) is 13.1. The van der Waals surface area contributed by atoms with Crippen LogP contribution in [0.1, 0.15) is 17.3 Å². The van der Waals surface area contributed by atoms with Gasteiger partial charge in [0.15, 0.2) is 5.78 Å². The summed E-state index contributed by atoms with van der Waals surface area (Å²) in [5, 5.41) is 0.506. The summed E-state index contributed by atoms with van der Waals surface area (Å²) in [4.78, 5) is 15.2. The topological polar surface area (TPSA) is 39.2 Å². The standard InChI is InChI=1S/C13H9BrClNO2/c1-8(17)12-3-2-10(5-13(12)14)18-11-4-9(15)6-16-7-11/h2-7H,1H3. The summed E-state index contributed by atoms with van der Waals surface area (Å²) in [5.74, 6) is 1.15. The number of rotatable bonds is 3. The van der Waals surface area contributed by atoms with Crippen molar-refractivity contribution >= 4 is 33.3 Å². The first-order chi connectivity index (χ1) is 8.56. The van der Waals surface area contributed by atoms with Crippen molar-refractivity contribution in [1.82, 2.24) is 4.98 Å². The van der Waals surface area contributed by atoms with Gasteiger partial charge in [-0.05, 0) is 41.1 Å². The summed E-state index contributed by atoms with van der Waals surface area (Å²) in [6, 6.07) is 6.83. The Hall–Kier alpha value is -1.39. The van der Waals surface area contributed by atoms with Crippen molar-refractivity contribution in [3.63, 3.8) is 0 Å². The van der Waals surface area contributed by atoms with Crippen LogP contribution >= 0.6 is 27.5 Å². The molecule has 2 rings (SSSR count). The number of carbonyl (C=O) groups is 1. The molecular weight excluding hydrogens is 318 g/mol. The van der Waals surface area contributed by atoms with Crippen molar-refractivity contribution in [2.24, 2.45) is 0 Å². The van der Waals surface area contributed by atoms with Crippen molar-refractivity contribution in [3.8, 4) is 11.5 Å². The molecule has 0 aliphatic carbocycles. The molecule has 0 N–H and O–H groups in total. The number of Topliss-reactive ketones (excluding diaryl/α,β-unsaturated/α-hetero) is 1. The summed E-state index contributed by atoms with van der Waals surface area (Å²) in [7, 11) is 0. The fourth-order valence-electron chi connectivity index (χ4n) is 1.43. The lowest BCUT2D eigenvalue weighted by Gasteiger charge is -2.07. The number of benzene rings is 1. The normalized spacial score (nSPS) is 10.2. The number of halogens is 2. The zero-order valence-corrected chi connectivity index (χ0v) is 11.8. The van der Waals surface area contributed by atoms with Crippen LogP contribution in [0.25, 0.3) is 0 Å². The Morgan fingerprint density at radius 3 is 2.67 bits per heavy atom. The van der Waals surface area contributed by atoms with Crippen molar-refractivity contribution < 1.29 is 9.53 Å². The van der Waals surface area contributed by atoms with E-state index in [1.807, 2.05) is 0 Å². The molecule has 0 atom stereocenters. The van der Waals surface area contributed by atoms with Crippen LogP contribution in [0.4, 0.5) is 0 Å². The van der Waals surface area contributed by atoms with Gasteiger partial charge in [0.1, 0.15) is 11.5 Å². The SMILES string of the molecule is CC(=O)c1ccc(Oc2cncc(Cl)c2)cc1Br. The van der Waals surface area contributed by atoms with Gasteiger partial charge >= 0.3 is 0 Å². The zero-order valence-electron chi connectivity index (χ0n) is 9.48. The summed E-state index contributed by atoms with van der Waals surface area (Å²) in [6.07, 6.45) is 3.10.